The van der Waals surface area contributed by atoms with Gasteiger partial charge < -0.3 is 4.42 Å². The van der Waals surface area contributed by atoms with Gasteiger partial charge in [-0.2, -0.15) is 5.26 Å². The Morgan fingerprint density at radius 1 is 0.651 bits per heavy atom. The van der Waals surface area contributed by atoms with Crippen LogP contribution in [0, 0.1) is 17.9 Å². The summed E-state index contributed by atoms with van der Waals surface area (Å²) in [4.78, 5) is 13.9. The molecular formula is C38H20N4O. The first-order chi connectivity index (χ1) is 21.2. The Balaban J connectivity index is 1.34. The van der Waals surface area contributed by atoms with Crippen LogP contribution in [0.4, 0.5) is 5.69 Å². The number of aromatic nitrogens is 2. The summed E-state index contributed by atoms with van der Waals surface area (Å²) in [5, 5.41) is 13.7. The molecule has 8 rings (SSSR count). The van der Waals surface area contributed by atoms with E-state index in [0.717, 1.165) is 66.2 Å². The summed E-state index contributed by atoms with van der Waals surface area (Å²) in [6.07, 6.45) is 0. The van der Waals surface area contributed by atoms with Gasteiger partial charge in [0.1, 0.15) is 11.2 Å². The molecule has 5 nitrogen and oxygen atoms in total. The van der Waals surface area contributed by atoms with Gasteiger partial charge in [-0.3, -0.25) is 0 Å². The lowest BCUT2D eigenvalue weighted by Gasteiger charge is -2.09. The number of nitriles is 1. The molecule has 0 aliphatic heterocycles. The molecule has 3 heterocycles. The first-order valence-electron chi connectivity index (χ1n) is 13.8. The maximum atomic E-state index is 9.88. The van der Waals surface area contributed by atoms with E-state index in [0.29, 0.717) is 22.4 Å². The van der Waals surface area contributed by atoms with Gasteiger partial charge in [0.25, 0.3) is 0 Å². The van der Waals surface area contributed by atoms with Gasteiger partial charge in [0, 0.05) is 43.8 Å². The van der Waals surface area contributed by atoms with Crippen molar-refractivity contribution in [3.8, 4) is 39.7 Å². The minimum atomic E-state index is 0.433. The second-order valence-corrected chi connectivity index (χ2v) is 10.4. The number of hydrogen-bond donors (Lipinski definition) is 0. The highest BCUT2D eigenvalue weighted by Gasteiger charge is 2.18. The normalized spacial score (nSPS) is 11.2. The van der Waals surface area contributed by atoms with Crippen molar-refractivity contribution in [2.24, 2.45) is 0 Å². The number of benzene rings is 5. The molecule has 0 aliphatic rings. The van der Waals surface area contributed by atoms with Crippen molar-refractivity contribution >= 4 is 49.4 Å². The standard InChI is InChI=1S/C38H20N4O/c1-40-32-11-5-9-27(22-39)35(32)28-10-6-12-34-36(28)29-21-26(17-20-33(29)43-34)31-19-16-25-14-13-24-15-18-30(23-7-3-2-4-8-23)41-37(24)38(25)42-31/h2-21H. The summed E-state index contributed by atoms with van der Waals surface area (Å²) >= 11 is 0. The molecule has 0 unspecified atom stereocenters. The van der Waals surface area contributed by atoms with E-state index < -0.39 is 0 Å². The third-order valence-corrected chi connectivity index (χ3v) is 7.93. The fourth-order valence-corrected chi connectivity index (χ4v) is 5.90. The van der Waals surface area contributed by atoms with Gasteiger partial charge >= 0.3 is 0 Å². The molecule has 0 atom stereocenters. The predicted octanol–water partition coefficient (Wildman–Crippen LogP) is 10.1. The lowest BCUT2D eigenvalue weighted by atomic mass is 9.94. The van der Waals surface area contributed by atoms with Crippen molar-refractivity contribution in [1.29, 1.82) is 5.26 Å². The van der Waals surface area contributed by atoms with Crippen molar-refractivity contribution in [2.75, 3.05) is 0 Å². The summed E-state index contributed by atoms with van der Waals surface area (Å²) in [7, 11) is 0. The van der Waals surface area contributed by atoms with E-state index in [-0.39, 0.29) is 0 Å². The SMILES string of the molecule is [C-]#[N+]c1cccc(C#N)c1-c1cccc2oc3ccc(-c4ccc5ccc6ccc(-c7ccccc7)nc6c5n4)cc3c12. The molecule has 3 aromatic heterocycles. The van der Waals surface area contributed by atoms with Crippen molar-refractivity contribution in [3.05, 3.63) is 138 Å². The molecule has 0 saturated carbocycles. The molecule has 5 heteroatoms. The maximum Gasteiger partial charge on any atom is 0.196 e. The van der Waals surface area contributed by atoms with Crippen LogP contribution < -0.4 is 0 Å². The van der Waals surface area contributed by atoms with E-state index in [4.69, 9.17) is 21.0 Å². The Hall–Kier alpha value is -6.30. The highest BCUT2D eigenvalue weighted by Crippen LogP contribution is 2.42. The van der Waals surface area contributed by atoms with Gasteiger partial charge in [0.15, 0.2) is 5.69 Å². The molecule has 5 aromatic carbocycles. The van der Waals surface area contributed by atoms with Crippen LogP contribution >= 0.6 is 0 Å². The Morgan fingerprint density at radius 2 is 1.35 bits per heavy atom. The van der Waals surface area contributed by atoms with E-state index in [2.05, 4.69) is 53.4 Å². The minimum Gasteiger partial charge on any atom is -0.456 e. The Bertz CT molecular complexity index is 2450. The molecule has 0 aliphatic carbocycles. The monoisotopic (exact) mass is 548 g/mol. The summed E-state index contributed by atoms with van der Waals surface area (Å²) in [5.74, 6) is 0. The Morgan fingerprint density at radius 3 is 2.07 bits per heavy atom. The number of pyridine rings is 2. The molecule has 43 heavy (non-hydrogen) atoms. The highest BCUT2D eigenvalue weighted by atomic mass is 16.3. The number of hydrogen-bond acceptors (Lipinski definition) is 4. The van der Waals surface area contributed by atoms with Crippen LogP contribution in [0.2, 0.25) is 0 Å². The second kappa shape index (κ2) is 9.66. The zero-order chi connectivity index (χ0) is 28.9. The molecule has 198 valence electrons. The molecule has 0 saturated heterocycles. The number of furan rings is 1. The number of nitrogens with zero attached hydrogens (tertiary/aromatic N) is 4. The van der Waals surface area contributed by atoms with Gasteiger partial charge in [-0.15, -0.1) is 0 Å². The van der Waals surface area contributed by atoms with Crippen LogP contribution in [-0.2, 0) is 0 Å². The number of rotatable bonds is 3. The summed E-state index contributed by atoms with van der Waals surface area (Å²) in [6, 6.07) is 41.9. The van der Waals surface area contributed by atoms with Gasteiger partial charge in [-0.1, -0.05) is 78.9 Å². The average molecular weight is 549 g/mol. The molecular weight excluding hydrogens is 528 g/mol. The van der Waals surface area contributed by atoms with Crippen molar-refractivity contribution in [2.45, 2.75) is 0 Å². The average Bonchev–Trinajstić information content (AvgIpc) is 3.46. The van der Waals surface area contributed by atoms with Crippen LogP contribution in [0.1, 0.15) is 5.56 Å². The fourth-order valence-electron chi connectivity index (χ4n) is 5.90. The van der Waals surface area contributed by atoms with Gasteiger partial charge in [-0.25, -0.2) is 14.8 Å². The van der Waals surface area contributed by atoms with Gasteiger partial charge in [0.05, 0.1) is 35.1 Å². The molecule has 0 radical (unpaired) electrons. The fraction of sp³-hybridized carbons (Fsp3) is 0. The predicted molar refractivity (Wildman–Crippen MR) is 172 cm³/mol. The van der Waals surface area contributed by atoms with E-state index in [1.165, 1.54) is 0 Å². The topological polar surface area (TPSA) is 67.1 Å². The third-order valence-electron chi connectivity index (χ3n) is 7.93. The Labute approximate surface area is 246 Å². The largest absolute Gasteiger partial charge is 0.456 e. The third kappa shape index (κ3) is 3.92. The maximum absolute atomic E-state index is 9.88. The van der Waals surface area contributed by atoms with E-state index in [1.807, 2.05) is 60.7 Å². The van der Waals surface area contributed by atoms with Crippen molar-refractivity contribution in [1.82, 2.24) is 9.97 Å². The van der Waals surface area contributed by atoms with Crippen LogP contribution in [0.3, 0.4) is 0 Å². The smallest absolute Gasteiger partial charge is 0.196 e. The zero-order valence-corrected chi connectivity index (χ0v) is 22.7. The van der Waals surface area contributed by atoms with Crippen LogP contribution in [0.5, 0.6) is 0 Å². The molecule has 8 aromatic rings. The van der Waals surface area contributed by atoms with Crippen LogP contribution in [0.15, 0.2) is 126 Å². The molecule has 0 fully saturated rings. The zero-order valence-electron chi connectivity index (χ0n) is 22.7. The molecule has 0 N–H and O–H groups in total. The van der Waals surface area contributed by atoms with Gasteiger partial charge in [-0.05, 0) is 48.0 Å². The molecule has 0 spiro atoms. The first-order valence-corrected chi connectivity index (χ1v) is 13.8. The van der Waals surface area contributed by atoms with E-state index in [1.54, 1.807) is 18.2 Å². The second-order valence-electron chi connectivity index (χ2n) is 10.4. The summed E-state index contributed by atoms with van der Waals surface area (Å²) in [5.41, 5.74) is 9.15. The minimum absolute atomic E-state index is 0.433. The van der Waals surface area contributed by atoms with E-state index in [9.17, 15) is 5.26 Å². The quantitative estimate of drug-likeness (QED) is 0.163. The number of fused-ring (bicyclic) bond motifs is 6. The van der Waals surface area contributed by atoms with Gasteiger partial charge in [0.2, 0.25) is 0 Å². The molecule has 0 bridgehead atoms. The molecule has 0 amide bonds. The summed E-state index contributed by atoms with van der Waals surface area (Å²) < 4.78 is 6.24. The van der Waals surface area contributed by atoms with Crippen molar-refractivity contribution in [3.63, 3.8) is 0 Å². The van der Waals surface area contributed by atoms with Crippen LogP contribution in [0.25, 0.3) is 82.2 Å². The van der Waals surface area contributed by atoms with Crippen LogP contribution in [-0.4, -0.2) is 9.97 Å². The lowest BCUT2D eigenvalue weighted by Crippen LogP contribution is -1.91. The Kier molecular flexibility index (Phi) is 5.50. The van der Waals surface area contributed by atoms with E-state index >= 15 is 0 Å². The first kappa shape index (κ1) is 24.5. The highest BCUT2D eigenvalue weighted by molar-refractivity contribution is 6.15. The summed E-state index contributed by atoms with van der Waals surface area (Å²) in [6.45, 7) is 7.75. The lowest BCUT2D eigenvalue weighted by molar-refractivity contribution is 0.669. The van der Waals surface area contributed by atoms with Crippen molar-refractivity contribution < 1.29 is 4.42 Å².